The van der Waals surface area contributed by atoms with Crippen LogP contribution in [0, 0.1) is 13.7 Å². The summed E-state index contributed by atoms with van der Waals surface area (Å²) in [5.41, 5.74) is 0.331. The predicted octanol–water partition coefficient (Wildman–Crippen LogP) is 3.65. The summed E-state index contributed by atoms with van der Waals surface area (Å²) in [5.74, 6) is -1.24. The first-order valence-corrected chi connectivity index (χ1v) is 7.99. The second-order valence-electron chi connectivity index (χ2n) is 4.55. The Hall–Kier alpha value is -2.20. The number of hydrogen-bond acceptors (Lipinski definition) is 5. The third-order valence-corrected chi connectivity index (χ3v) is 3.88. The maximum atomic E-state index is 11.8. The smallest absolute Gasteiger partial charge is 0.338 e. The zero-order valence-electron chi connectivity index (χ0n) is 12.0. The fourth-order valence-electron chi connectivity index (χ4n) is 1.71. The van der Waals surface area contributed by atoms with Crippen LogP contribution >= 0.6 is 34.2 Å². The van der Waals surface area contributed by atoms with Gasteiger partial charge in [0.05, 0.1) is 21.2 Å². The Morgan fingerprint density at radius 3 is 2.46 bits per heavy atom. The van der Waals surface area contributed by atoms with E-state index in [1.165, 1.54) is 12.1 Å². The summed E-state index contributed by atoms with van der Waals surface area (Å²) in [4.78, 5) is 33.6. The summed E-state index contributed by atoms with van der Waals surface area (Å²) in [6, 6.07) is 10.3. The van der Waals surface area contributed by atoms with Gasteiger partial charge in [0.15, 0.2) is 6.61 Å². The maximum Gasteiger partial charge on any atom is 0.338 e. The Morgan fingerprint density at radius 2 is 1.88 bits per heavy atom. The van der Waals surface area contributed by atoms with Gasteiger partial charge in [-0.05, 0) is 52.9 Å². The SMILES string of the molecule is O=C(COC(=O)c1ccc(I)cc1)Nc1ccc([N+](=O)[O-])cc1Cl. The fraction of sp³-hybridized carbons (Fsp3) is 0.0667. The van der Waals surface area contributed by atoms with Crippen molar-refractivity contribution in [2.75, 3.05) is 11.9 Å². The van der Waals surface area contributed by atoms with Gasteiger partial charge in [0, 0.05) is 15.7 Å². The van der Waals surface area contributed by atoms with E-state index in [-0.39, 0.29) is 16.4 Å². The van der Waals surface area contributed by atoms with Crippen LogP contribution in [-0.4, -0.2) is 23.4 Å². The molecule has 0 atom stereocenters. The molecule has 0 aliphatic heterocycles. The first-order chi connectivity index (χ1) is 11.4. The number of nitrogens with zero attached hydrogens (tertiary/aromatic N) is 1. The summed E-state index contributed by atoms with van der Waals surface area (Å²) in [6.07, 6.45) is 0. The number of ether oxygens (including phenoxy) is 1. The molecule has 0 unspecified atom stereocenters. The monoisotopic (exact) mass is 460 g/mol. The van der Waals surface area contributed by atoms with Crippen molar-refractivity contribution in [1.29, 1.82) is 0 Å². The molecule has 0 aliphatic carbocycles. The molecule has 0 heterocycles. The highest BCUT2D eigenvalue weighted by Gasteiger charge is 2.13. The molecular formula is C15H10ClIN2O5. The zero-order chi connectivity index (χ0) is 17.7. The number of nitro benzene ring substituents is 1. The minimum Gasteiger partial charge on any atom is -0.452 e. The van der Waals surface area contributed by atoms with Crippen molar-refractivity contribution in [1.82, 2.24) is 0 Å². The number of nitro groups is 1. The number of esters is 1. The Labute approximate surface area is 155 Å². The van der Waals surface area contributed by atoms with Crippen LogP contribution in [0.1, 0.15) is 10.4 Å². The summed E-state index contributed by atoms with van der Waals surface area (Å²) in [7, 11) is 0. The summed E-state index contributed by atoms with van der Waals surface area (Å²) in [6.45, 7) is -0.502. The second-order valence-corrected chi connectivity index (χ2v) is 6.21. The molecule has 0 aromatic heterocycles. The number of carbonyl (C=O) groups is 2. The molecule has 1 N–H and O–H groups in total. The van der Waals surface area contributed by atoms with Gasteiger partial charge >= 0.3 is 5.97 Å². The quantitative estimate of drug-likeness (QED) is 0.318. The van der Waals surface area contributed by atoms with Gasteiger partial charge in [0.2, 0.25) is 0 Å². The number of rotatable bonds is 5. The topological polar surface area (TPSA) is 98.5 Å². The summed E-state index contributed by atoms with van der Waals surface area (Å²) >= 11 is 7.97. The number of halogens is 2. The minimum absolute atomic E-state index is 0.0153. The van der Waals surface area contributed by atoms with Crippen LogP contribution in [0.25, 0.3) is 0 Å². The highest BCUT2D eigenvalue weighted by Crippen LogP contribution is 2.26. The van der Waals surface area contributed by atoms with Crippen molar-refractivity contribution in [2.24, 2.45) is 0 Å². The molecule has 0 radical (unpaired) electrons. The van der Waals surface area contributed by atoms with Crippen molar-refractivity contribution >= 4 is 57.4 Å². The standard InChI is InChI=1S/C15H10ClIN2O5/c16-12-7-11(19(22)23)5-6-13(12)18-14(20)8-24-15(21)9-1-3-10(17)4-2-9/h1-7H,8H2,(H,18,20). The molecule has 2 rings (SSSR count). The van der Waals surface area contributed by atoms with Crippen LogP contribution in [-0.2, 0) is 9.53 Å². The highest BCUT2D eigenvalue weighted by atomic mass is 127. The minimum atomic E-state index is -0.628. The lowest BCUT2D eigenvalue weighted by atomic mass is 10.2. The van der Waals surface area contributed by atoms with Crippen molar-refractivity contribution in [2.45, 2.75) is 0 Å². The Bertz CT molecular complexity index is 795. The first kappa shape index (κ1) is 18.1. The van der Waals surface area contributed by atoms with Crippen molar-refractivity contribution in [3.8, 4) is 0 Å². The molecule has 0 fully saturated rings. The van der Waals surface area contributed by atoms with Crippen LogP contribution < -0.4 is 5.32 Å². The van der Waals surface area contributed by atoms with Gasteiger partial charge in [-0.1, -0.05) is 11.6 Å². The second kappa shape index (κ2) is 8.06. The lowest BCUT2D eigenvalue weighted by molar-refractivity contribution is -0.384. The lowest BCUT2D eigenvalue weighted by Gasteiger charge is -2.08. The molecular weight excluding hydrogens is 451 g/mol. The molecule has 2 aromatic carbocycles. The van der Waals surface area contributed by atoms with Crippen molar-refractivity contribution in [3.63, 3.8) is 0 Å². The average molecular weight is 461 g/mol. The first-order valence-electron chi connectivity index (χ1n) is 6.53. The molecule has 2 aromatic rings. The number of nitrogens with one attached hydrogen (secondary N) is 1. The molecule has 7 nitrogen and oxygen atoms in total. The van der Waals surface area contributed by atoms with E-state index in [0.717, 1.165) is 9.64 Å². The fourth-order valence-corrected chi connectivity index (χ4v) is 2.29. The Balaban J connectivity index is 1.92. The van der Waals surface area contributed by atoms with Gasteiger partial charge in [-0.3, -0.25) is 14.9 Å². The Morgan fingerprint density at radius 1 is 1.21 bits per heavy atom. The van der Waals surface area contributed by atoms with Gasteiger partial charge < -0.3 is 10.1 Å². The van der Waals surface area contributed by atoms with Crippen LogP contribution in [0.5, 0.6) is 0 Å². The zero-order valence-corrected chi connectivity index (χ0v) is 14.9. The largest absolute Gasteiger partial charge is 0.452 e. The number of anilines is 1. The van der Waals surface area contributed by atoms with Crippen LogP contribution in [0.15, 0.2) is 42.5 Å². The molecule has 0 spiro atoms. The van der Waals surface area contributed by atoms with E-state index in [9.17, 15) is 19.7 Å². The van der Waals surface area contributed by atoms with Crippen LogP contribution in [0.2, 0.25) is 5.02 Å². The third kappa shape index (κ3) is 4.90. The molecule has 0 bridgehead atoms. The normalized spacial score (nSPS) is 10.1. The van der Waals surface area contributed by atoms with E-state index in [1.54, 1.807) is 24.3 Å². The van der Waals surface area contributed by atoms with E-state index >= 15 is 0 Å². The van der Waals surface area contributed by atoms with E-state index in [0.29, 0.717) is 5.56 Å². The Kier molecular flexibility index (Phi) is 6.10. The predicted molar refractivity (Wildman–Crippen MR) is 96.2 cm³/mol. The number of hydrogen-bond donors (Lipinski definition) is 1. The van der Waals surface area contributed by atoms with Gasteiger partial charge in [0.1, 0.15) is 0 Å². The highest BCUT2D eigenvalue weighted by molar-refractivity contribution is 14.1. The summed E-state index contributed by atoms with van der Waals surface area (Å²) in [5, 5.41) is 13.1. The van der Waals surface area contributed by atoms with Crippen molar-refractivity contribution < 1.29 is 19.2 Å². The molecule has 1 amide bonds. The lowest BCUT2D eigenvalue weighted by Crippen LogP contribution is -2.21. The number of non-ortho nitro benzene ring substituents is 1. The number of carbonyl (C=O) groups excluding carboxylic acids is 2. The van der Waals surface area contributed by atoms with E-state index in [1.807, 2.05) is 0 Å². The van der Waals surface area contributed by atoms with Gasteiger partial charge in [-0.2, -0.15) is 0 Å². The summed E-state index contributed by atoms with van der Waals surface area (Å²) < 4.78 is 5.87. The third-order valence-electron chi connectivity index (χ3n) is 2.85. The number of amides is 1. The molecule has 24 heavy (non-hydrogen) atoms. The molecule has 0 aliphatic rings. The van der Waals surface area contributed by atoms with Crippen LogP contribution in [0.4, 0.5) is 11.4 Å². The molecule has 9 heteroatoms. The average Bonchev–Trinajstić information content (AvgIpc) is 2.55. The molecule has 0 saturated carbocycles. The number of benzene rings is 2. The molecule has 124 valence electrons. The van der Waals surface area contributed by atoms with E-state index in [4.69, 9.17) is 16.3 Å². The van der Waals surface area contributed by atoms with E-state index < -0.39 is 23.4 Å². The maximum absolute atomic E-state index is 11.8. The van der Waals surface area contributed by atoms with Gasteiger partial charge in [-0.15, -0.1) is 0 Å². The van der Waals surface area contributed by atoms with E-state index in [2.05, 4.69) is 27.9 Å². The van der Waals surface area contributed by atoms with Gasteiger partial charge in [-0.25, -0.2) is 4.79 Å². The van der Waals surface area contributed by atoms with Crippen LogP contribution in [0.3, 0.4) is 0 Å². The molecule has 0 saturated heterocycles. The van der Waals surface area contributed by atoms with Gasteiger partial charge in [0.25, 0.3) is 11.6 Å². The van der Waals surface area contributed by atoms with Crippen molar-refractivity contribution in [3.05, 3.63) is 66.7 Å².